The number of ether oxygens (including phenoxy) is 1. The lowest BCUT2D eigenvalue weighted by atomic mass is 10.1. The van der Waals surface area contributed by atoms with E-state index in [2.05, 4.69) is 5.32 Å². The second kappa shape index (κ2) is 10.4. The maximum absolute atomic E-state index is 12.9. The highest BCUT2D eigenvalue weighted by molar-refractivity contribution is 6.22. The summed E-state index contributed by atoms with van der Waals surface area (Å²) in [6.07, 6.45) is 2.17. The molecule has 0 aliphatic carbocycles. The third-order valence-electron chi connectivity index (χ3n) is 5.98. The number of nitrogens with one attached hydrogen (secondary N) is 1. The highest BCUT2D eigenvalue weighted by Gasteiger charge is 2.35. The Morgan fingerprint density at radius 3 is 2.42 bits per heavy atom. The van der Waals surface area contributed by atoms with E-state index in [0.29, 0.717) is 36.4 Å². The Morgan fingerprint density at radius 2 is 1.61 bits per heavy atom. The zero-order valence-corrected chi connectivity index (χ0v) is 19.5. The van der Waals surface area contributed by atoms with Gasteiger partial charge in [-0.3, -0.25) is 19.3 Å². The van der Waals surface area contributed by atoms with Crippen LogP contribution in [0.15, 0.2) is 95.6 Å². The first-order valence-corrected chi connectivity index (χ1v) is 11.6. The number of carbonyl (C=O) groups excluding carboxylic acids is 3. The van der Waals surface area contributed by atoms with Crippen molar-refractivity contribution in [1.82, 2.24) is 4.90 Å². The molecule has 0 fully saturated rings. The Morgan fingerprint density at radius 1 is 0.806 bits per heavy atom. The Bertz CT molecular complexity index is 1400. The van der Waals surface area contributed by atoms with Crippen molar-refractivity contribution < 1.29 is 23.5 Å². The second-order valence-electron chi connectivity index (χ2n) is 8.48. The molecule has 3 amide bonds. The first-order valence-electron chi connectivity index (χ1n) is 11.6. The molecular weight excluding hydrogens is 456 g/mol. The summed E-state index contributed by atoms with van der Waals surface area (Å²) in [6.45, 7) is 0.999. The summed E-state index contributed by atoms with van der Waals surface area (Å²) in [7, 11) is 0. The molecule has 7 nitrogen and oxygen atoms in total. The van der Waals surface area contributed by atoms with Crippen LogP contribution in [0.5, 0.6) is 0 Å². The highest BCUT2D eigenvalue weighted by atomic mass is 16.5. The van der Waals surface area contributed by atoms with Crippen LogP contribution in [-0.2, 0) is 24.4 Å². The van der Waals surface area contributed by atoms with E-state index in [0.717, 1.165) is 16.9 Å². The van der Waals surface area contributed by atoms with E-state index in [1.54, 1.807) is 30.5 Å². The minimum atomic E-state index is -0.378. The van der Waals surface area contributed by atoms with Gasteiger partial charge in [-0.1, -0.05) is 42.5 Å². The summed E-state index contributed by atoms with van der Waals surface area (Å²) < 4.78 is 10.9. The van der Waals surface area contributed by atoms with Gasteiger partial charge in [0, 0.05) is 17.8 Å². The van der Waals surface area contributed by atoms with Crippen LogP contribution in [0, 0.1) is 0 Å². The third-order valence-corrected chi connectivity index (χ3v) is 5.98. The fourth-order valence-corrected chi connectivity index (χ4v) is 4.13. The van der Waals surface area contributed by atoms with E-state index in [-0.39, 0.29) is 29.8 Å². The van der Waals surface area contributed by atoms with Gasteiger partial charge in [0.25, 0.3) is 17.7 Å². The molecule has 0 spiro atoms. The summed E-state index contributed by atoms with van der Waals surface area (Å²) in [5.41, 5.74) is 3.41. The van der Waals surface area contributed by atoms with Crippen molar-refractivity contribution >= 4 is 23.4 Å². The fraction of sp³-hybridized carbons (Fsp3) is 0.138. The number of carbonyl (C=O) groups is 3. The molecular formula is C29H24N2O5. The maximum atomic E-state index is 12.9. The third kappa shape index (κ3) is 5.11. The number of hydrogen-bond acceptors (Lipinski definition) is 5. The molecule has 0 unspecified atom stereocenters. The van der Waals surface area contributed by atoms with E-state index >= 15 is 0 Å². The Hall–Kier alpha value is -4.49. The van der Waals surface area contributed by atoms with Gasteiger partial charge >= 0.3 is 0 Å². The SMILES string of the molecule is O=C(Nc1cccc(COCc2ccco2)c1)c1ccc2c(c1)C(=O)N(CCc1ccccc1)C2=O. The largest absolute Gasteiger partial charge is 0.467 e. The monoisotopic (exact) mass is 480 g/mol. The van der Waals surface area contributed by atoms with Crippen LogP contribution in [0.1, 0.15) is 48.0 Å². The van der Waals surface area contributed by atoms with E-state index in [1.165, 1.54) is 11.0 Å². The van der Waals surface area contributed by atoms with Gasteiger partial charge < -0.3 is 14.5 Å². The molecule has 1 N–H and O–H groups in total. The molecule has 0 atom stereocenters. The number of fused-ring (bicyclic) bond motifs is 1. The minimum Gasteiger partial charge on any atom is -0.467 e. The van der Waals surface area contributed by atoms with Crippen molar-refractivity contribution in [2.45, 2.75) is 19.6 Å². The highest BCUT2D eigenvalue weighted by Crippen LogP contribution is 2.25. The van der Waals surface area contributed by atoms with Crippen molar-refractivity contribution in [3.8, 4) is 0 Å². The van der Waals surface area contributed by atoms with Crippen LogP contribution in [0.4, 0.5) is 5.69 Å². The van der Waals surface area contributed by atoms with E-state index in [4.69, 9.17) is 9.15 Å². The molecule has 3 aromatic carbocycles. The molecule has 5 rings (SSSR count). The first kappa shape index (κ1) is 23.3. The number of amides is 3. The zero-order chi connectivity index (χ0) is 24.9. The van der Waals surface area contributed by atoms with Crippen LogP contribution in [0.3, 0.4) is 0 Å². The van der Waals surface area contributed by atoms with Crippen molar-refractivity contribution in [2.75, 3.05) is 11.9 Å². The molecule has 0 bridgehead atoms. The topological polar surface area (TPSA) is 88.8 Å². The summed E-state index contributed by atoms with van der Waals surface area (Å²) in [4.78, 5) is 39.9. The van der Waals surface area contributed by atoms with Gasteiger partial charge in [0.15, 0.2) is 0 Å². The predicted octanol–water partition coefficient (Wildman–Crippen LogP) is 5.09. The zero-order valence-electron chi connectivity index (χ0n) is 19.5. The van der Waals surface area contributed by atoms with Gasteiger partial charge in [-0.15, -0.1) is 0 Å². The van der Waals surface area contributed by atoms with Crippen molar-refractivity contribution in [2.24, 2.45) is 0 Å². The Kier molecular flexibility index (Phi) is 6.73. The lowest BCUT2D eigenvalue weighted by molar-refractivity contribution is 0.0656. The molecule has 4 aromatic rings. The van der Waals surface area contributed by atoms with Crippen LogP contribution in [0.25, 0.3) is 0 Å². The molecule has 0 radical (unpaired) electrons. The molecule has 0 saturated carbocycles. The number of nitrogens with zero attached hydrogens (tertiary/aromatic N) is 1. The lowest BCUT2D eigenvalue weighted by Crippen LogP contribution is -2.31. The number of benzene rings is 3. The molecule has 0 saturated heterocycles. The van der Waals surface area contributed by atoms with Crippen LogP contribution in [0.2, 0.25) is 0 Å². The molecule has 1 aliphatic rings. The van der Waals surface area contributed by atoms with Crippen LogP contribution >= 0.6 is 0 Å². The van der Waals surface area contributed by atoms with E-state index in [9.17, 15) is 14.4 Å². The molecule has 1 aromatic heterocycles. The Balaban J connectivity index is 1.22. The molecule has 36 heavy (non-hydrogen) atoms. The van der Waals surface area contributed by atoms with Crippen LogP contribution < -0.4 is 5.32 Å². The average Bonchev–Trinajstić information content (AvgIpc) is 3.50. The van der Waals surface area contributed by atoms with Gasteiger partial charge in [0.05, 0.1) is 24.0 Å². The summed E-state index contributed by atoms with van der Waals surface area (Å²) >= 11 is 0. The minimum absolute atomic E-state index is 0.251. The number of imide groups is 1. The smallest absolute Gasteiger partial charge is 0.261 e. The maximum Gasteiger partial charge on any atom is 0.261 e. The quantitative estimate of drug-likeness (QED) is 0.337. The van der Waals surface area contributed by atoms with Crippen molar-refractivity contribution in [3.63, 3.8) is 0 Å². The van der Waals surface area contributed by atoms with E-state index in [1.807, 2.05) is 54.6 Å². The average molecular weight is 481 g/mol. The Labute approximate surface area is 208 Å². The molecule has 1 aliphatic heterocycles. The summed E-state index contributed by atoms with van der Waals surface area (Å²) in [6, 6.07) is 25.3. The summed E-state index contributed by atoms with van der Waals surface area (Å²) in [5, 5.41) is 2.85. The van der Waals surface area contributed by atoms with Crippen molar-refractivity contribution in [3.05, 3.63) is 125 Å². The number of furan rings is 1. The van der Waals surface area contributed by atoms with Gasteiger partial charge in [-0.2, -0.15) is 0 Å². The first-order chi connectivity index (χ1) is 17.6. The molecule has 2 heterocycles. The fourth-order valence-electron chi connectivity index (χ4n) is 4.13. The van der Waals surface area contributed by atoms with Crippen LogP contribution in [-0.4, -0.2) is 29.2 Å². The van der Waals surface area contributed by atoms with E-state index < -0.39 is 0 Å². The number of hydrogen-bond donors (Lipinski definition) is 1. The standard InChI is InChI=1S/C29H24N2O5/c32-27(30-23-9-4-8-21(16-23)18-35-19-24-10-5-15-36-24)22-11-12-25-26(17-22)29(34)31(28(25)33)14-13-20-6-2-1-3-7-20/h1-12,15-17H,13-14,18-19H2,(H,30,32). The van der Waals surface area contributed by atoms with Gasteiger partial charge in [-0.05, 0) is 60.0 Å². The molecule has 7 heteroatoms. The predicted molar refractivity (Wildman–Crippen MR) is 134 cm³/mol. The number of rotatable bonds is 9. The summed E-state index contributed by atoms with van der Waals surface area (Å²) in [5.74, 6) is -0.339. The van der Waals surface area contributed by atoms with Crippen molar-refractivity contribution in [1.29, 1.82) is 0 Å². The normalized spacial score (nSPS) is 12.6. The lowest BCUT2D eigenvalue weighted by Gasteiger charge is -2.13. The van der Waals surface area contributed by atoms with Gasteiger partial charge in [-0.25, -0.2) is 0 Å². The van der Waals surface area contributed by atoms with Gasteiger partial charge in [0.1, 0.15) is 12.4 Å². The van der Waals surface area contributed by atoms with Gasteiger partial charge in [0.2, 0.25) is 0 Å². The second-order valence-corrected chi connectivity index (χ2v) is 8.48. The molecule has 180 valence electrons. The number of anilines is 1.